The molecule has 0 bridgehead atoms. The van der Waals surface area contributed by atoms with Gasteiger partial charge in [0.05, 0.1) is 25.9 Å². The Kier molecular flexibility index (Phi) is 4.52. The van der Waals surface area contributed by atoms with E-state index in [2.05, 4.69) is 21.8 Å². The molecule has 1 aliphatic carbocycles. The van der Waals surface area contributed by atoms with Crippen molar-refractivity contribution < 1.29 is 14.3 Å². The summed E-state index contributed by atoms with van der Waals surface area (Å²) in [7, 11) is 0. The normalized spacial score (nSPS) is 35.4. The standard InChI is InChI=1S/C20H28N4O3/c1-2-13-7-21-20(22-8-13)24-5-6-27-17-10-23(4-3-14(17)9-24)19(25)18-15-11-26-12-16(15)18/h7-8,14-18H,2-6,9-12H2,1H3/t14-,15-,16+,17-,18?/m1/s1. The van der Waals surface area contributed by atoms with E-state index in [1.54, 1.807) is 0 Å². The number of aryl methyl sites for hydroxylation is 1. The molecular weight excluding hydrogens is 344 g/mol. The van der Waals surface area contributed by atoms with Crippen molar-refractivity contribution in [2.45, 2.75) is 25.9 Å². The second kappa shape index (κ2) is 7.02. The Morgan fingerprint density at radius 1 is 1.19 bits per heavy atom. The zero-order valence-electron chi connectivity index (χ0n) is 15.9. The summed E-state index contributed by atoms with van der Waals surface area (Å²) >= 11 is 0. The highest BCUT2D eigenvalue weighted by atomic mass is 16.5. The van der Waals surface area contributed by atoms with Crippen molar-refractivity contribution in [3.05, 3.63) is 18.0 Å². The molecule has 146 valence electrons. The molecule has 7 heteroatoms. The Morgan fingerprint density at radius 3 is 2.70 bits per heavy atom. The molecule has 4 aliphatic rings. The number of likely N-dealkylation sites (tertiary alicyclic amines) is 1. The number of ether oxygens (including phenoxy) is 2. The first-order valence-corrected chi connectivity index (χ1v) is 10.3. The lowest BCUT2D eigenvalue weighted by molar-refractivity contribution is -0.139. The summed E-state index contributed by atoms with van der Waals surface area (Å²) in [6, 6.07) is 0. The quantitative estimate of drug-likeness (QED) is 0.788. The molecule has 1 aromatic heterocycles. The number of fused-ring (bicyclic) bond motifs is 2. The molecule has 0 radical (unpaired) electrons. The van der Waals surface area contributed by atoms with Crippen LogP contribution in [0.5, 0.6) is 0 Å². The van der Waals surface area contributed by atoms with Crippen LogP contribution in [0.25, 0.3) is 0 Å². The van der Waals surface area contributed by atoms with Gasteiger partial charge in [-0.25, -0.2) is 9.97 Å². The van der Waals surface area contributed by atoms with E-state index in [4.69, 9.17) is 9.47 Å². The minimum atomic E-state index is 0.123. The molecule has 0 spiro atoms. The zero-order chi connectivity index (χ0) is 18.4. The highest BCUT2D eigenvalue weighted by Crippen LogP contribution is 2.51. The van der Waals surface area contributed by atoms with Crippen molar-refractivity contribution in [2.75, 3.05) is 50.9 Å². The fourth-order valence-electron chi connectivity index (χ4n) is 4.94. The SMILES string of the molecule is CCc1cnc(N2CCO[C@@H]3CN(C(=O)C4[C@H]5COC[C@@H]45)CC[C@@H]3C2)nc1. The molecule has 4 heterocycles. The van der Waals surface area contributed by atoms with E-state index in [1.807, 2.05) is 17.3 Å². The van der Waals surface area contributed by atoms with Gasteiger partial charge in [-0.15, -0.1) is 0 Å². The van der Waals surface area contributed by atoms with Crippen molar-refractivity contribution in [3.63, 3.8) is 0 Å². The van der Waals surface area contributed by atoms with E-state index in [-0.39, 0.29) is 12.0 Å². The predicted molar refractivity (Wildman–Crippen MR) is 99.3 cm³/mol. The number of carbonyl (C=O) groups is 1. The number of amides is 1. The van der Waals surface area contributed by atoms with Gasteiger partial charge in [0, 0.05) is 50.4 Å². The Labute approximate surface area is 160 Å². The van der Waals surface area contributed by atoms with E-state index < -0.39 is 0 Å². The predicted octanol–water partition coefficient (Wildman–Crippen LogP) is 0.985. The summed E-state index contributed by atoms with van der Waals surface area (Å²) in [5.74, 6) is 2.71. The van der Waals surface area contributed by atoms with Crippen LogP contribution in [0.3, 0.4) is 0 Å². The van der Waals surface area contributed by atoms with Gasteiger partial charge in [-0.2, -0.15) is 0 Å². The molecular formula is C20H28N4O3. The first kappa shape index (κ1) is 17.4. The van der Waals surface area contributed by atoms with E-state index >= 15 is 0 Å². The van der Waals surface area contributed by atoms with Crippen molar-refractivity contribution in [3.8, 4) is 0 Å². The Bertz CT molecular complexity index is 687. The summed E-state index contributed by atoms with van der Waals surface area (Å²) in [5, 5.41) is 0. The van der Waals surface area contributed by atoms with Crippen molar-refractivity contribution in [2.24, 2.45) is 23.7 Å². The minimum absolute atomic E-state index is 0.123. The summed E-state index contributed by atoms with van der Waals surface area (Å²) in [6.07, 6.45) is 5.90. The van der Waals surface area contributed by atoms with Crippen molar-refractivity contribution >= 4 is 11.9 Å². The lowest BCUT2D eigenvalue weighted by Gasteiger charge is -2.38. The third-order valence-corrected chi connectivity index (χ3v) is 6.78. The number of hydrogen-bond acceptors (Lipinski definition) is 6. The lowest BCUT2D eigenvalue weighted by Crippen LogP contribution is -2.50. The second-order valence-electron chi connectivity index (χ2n) is 8.32. The van der Waals surface area contributed by atoms with Crippen LogP contribution in [0, 0.1) is 23.7 Å². The van der Waals surface area contributed by atoms with Crippen LogP contribution < -0.4 is 4.90 Å². The number of piperidine rings is 1. The van der Waals surface area contributed by atoms with Gasteiger partial charge in [0.1, 0.15) is 0 Å². The molecule has 7 nitrogen and oxygen atoms in total. The van der Waals surface area contributed by atoms with E-state index in [1.165, 1.54) is 0 Å². The Hall–Kier alpha value is -1.73. The van der Waals surface area contributed by atoms with Gasteiger partial charge in [0.2, 0.25) is 11.9 Å². The molecule has 1 unspecified atom stereocenters. The average Bonchev–Trinajstić information content (AvgIpc) is 3.28. The fourth-order valence-corrected chi connectivity index (χ4v) is 4.94. The summed E-state index contributed by atoms with van der Waals surface area (Å²) < 4.78 is 11.6. The number of rotatable bonds is 3. The average molecular weight is 372 g/mol. The van der Waals surface area contributed by atoms with Crippen LogP contribution in [0.2, 0.25) is 0 Å². The number of hydrogen-bond donors (Lipinski definition) is 0. The van der Waals surface area contributed by atoms with E-state index in [0.29, 0.717) is 30.3 Å². The van der Waals surface area contributed by atoms with Gasteiger partial charge in [0.15, 0.2) is 0 Å². The molecule has 4 fully saturated rings. The van der Waals surface area contributed by atoms with Crippen LogP contribution in [-0.4, -0.2) is 72.9 Å². The van der Waals surface area contributed by atoms with Crippen LogP contribution in [0.15, 0.2) is 12.4 Å². The van der Waals surface area contributed by atoms with Crippen LogP contribution >= 0.6 is 0 Å². The Balaban J connectivity index is 1.22. The molecule has 3 aliphatic heterocycles. The zero-order valence-corrected chi connectivity index (χ0v) is 15.9. The maximum Gasteiger partial charge on any atom is 0.226 e. The maximum absolute atomic E-state index is 12.9. The topological polar surface area (TPSA) is 67.8 Å². The molecule has 5 rings (SSSR count). The van der Waals surface area contributed by atoms with Crippen molar-refractivity contribution in [1.82, 2.24) is 14.9 Å². The van der Waals surface area contributed by atoms with Gasteiger partial charge >= 0.3 is 0 Å². The first-order valence-electron chi connectivity index (χ1n) is 10.3. The molecule has 27 heavy (non-hydrogen) atoms. The van der Waals surface area contributed by atoms with Gasteiger partial charge in [-0.1, -0.05) is 6.92 Å². The van der Waals surface area contributed by atoms with E-state index in [9.17, 15) is 4.79 Å². The monoisotopic (exact) mass is 372 g/mol. The number of nitrogens with zero attached hydrogens (tertiary/aromatic N) is 4. The molecule has 1 amide bonds. The molecule has 1 aromatic rings. The summed E-state index contributed by atoms with van der Waals surface area (Å²) in [4.78, 5) is 26.2. The molecule has 5 atom stereocenters. The van der Waals surface area contributed by atoms with Gasteiger partial charge < -0.3 is 19.3 Å². The van der Waals surface area contributed by atoms with Gasteiger partial charge in [-0.05, 0) is 30.2 Å². The molecule has 3 saturated heterocycles. The largest absolute Gasteiger partial charge is 0.381 e. The highest BCUT2D eigenvalue weighted by molar-refractivity contribution is 5.82. The first-order chi connectivity index (χ1) is 13.2. The third-order valence-electron chi connectivity index (χ3n) is 6.78. The fraction of sp³-hybridized carbons (Fsp3) is 0.750. The number of carbonyl (C=O) groups excluding carboxylic acids is 1. The molecule has 0 aromatic carbocycles. The van der Waals surface area contributed by atoms with Crippen molar-refractivity contribution in [1.29, 1.82) is 0 Å². The molecule has 1 saturated carbocycles. The smallest absolute Gasteiger partial charge is 0.226 e. The van der Waals surface area contributed by atoms with Crippen LogP contribution in [0.1, 0.15) is 18.9 Å². The summed E-state index contributed by atoms with van der Waals surface area (Å²) in [5.41, 5.74) is 1.16. The van der Waals surface area contributed by atoms with E-state index in [0.717, 1.165) is 63.7 Å². The lowest BCUT2D eigenvalue weighted by atomic mass is 9.93. The van der Waals surface area contributed by atoms with Crippen LogP contribution in [0.4, 0.5) is 5.95 Å². The highest BCUT2D eigenvalue weighted by Gasteiger charge is 2.59. The maximum atomic E-state index is 12.9. The number of aromatic nitrogens is 2. The minimum Gasteiger partial charge on any atom is -0.381 e. The second-order valence-corrected chi connectivity index (χ2v) is 8.32. The molecule has 0 N–H and O–H groups in total. The summed E-state index contributed by atoms with van der Waals surface area (Å²) in [6.45, 7) is 7.57. The van der Waals surface area contributed by atoms with Crippen LogP contribution in [-0.2, 0) is 20.7 Å². The van der Waals surface area contributed by atoms with Gasteiger partial charge in [-0.3, -0.25) is 4.79 Å². The van der Waals surface area contributed by atoms with Gasteiger partial charge in [0.25, 0.3) is 0 Å². The Morgan fingerprint density at radius 2 is 1.96 bits per heavy atom. The third kappa shape index (κ3) is 3.21. The number of anilines is 1.